The second-order valence-electron chi connectivity index (χ2n) is 5.38. The lowest BCUT2D eigenvalue weighted by Gasteiger charge is -2.23. The molecule has 1 atom stereocenters. The van der Waals surface area contributed by atoms with Crippen LogP contribution >= 0.6 is 11.8 Å². The van der Waals surface area contributed by atoms with Crippen molar-refractivity contribution in [2.45, 2.75) is 16.6 Å². The fourth-order valence-electron chi connectivity index (χ4n) is 2.25. The predicted molar refractivity (Wildman–Crippen MR) is 91.4 cm³/mol. The molecule has 0 fully saturated rings. The van der Waals surface area contributed by atoms with Crippen molar-refractivity contribution in [1.29, 1.82) is 0 Å². The van der Waals surface area contributed by atoms with Crippen molar-refractivity contribution < 1.29 is 22.8 Å². The minimum Gasteiger partial charge on any atom is -0.324 e. The molecule has 1 unspecified atom stereocenters. The minimum absolute atomic E-state index is 0.150. The molecule has 5 nitrogen and oxygen atoms in total. The number of fused-ring (bicyclic) bond motifs is 1. The molecular weight excluding hydrogens is 367 g/mol. The van der Waals surface area contributed by atoms with E-state index in [0.717, 1.165) is 11.1 Å². The Morgan fingerprint density at radius 1 is 1.19 bits per heavy atom. The topological polar surface area (TPSA) is 70.6 Å². The predicted octanol–water partition coefficient (Wildman–Crippen LogP) is 3.06. The van der Waals surface area contributed by atoms with Gasteiger partial charge in [-0.05, 0) is 18.2 Å². The highest BCUT2D eigenvalue weighted by Gasteiger charge is 2.28. The van der Waals surface area contributed by atoms with Crippen molar-refractivity contribution in [3.8, 4) is 0 Å². The van der Waals surface area contributed by atoms with Crippen LogP contribution in [0.15, 0.2) is 46.4 Å². The summed E-state index contributed by atoms with van der Waals surface area (Å²) in [6.07, 6.45) is 0.710. The highest BCUT2D eigenvalue weighted by Crippen LogP contribution is 2.36. The summed E-state index contributed by atoms with van der Waals surface area (Å²) in [4.78, 5) is 24.8. The minimum atomic E-state index is -1.32. The van der Waals surface area contributed by atoms with Crippen LogP contribution in [-0.2, 0) is 9.59 Å². The van der Waals surface area contributed by atoms with Gasteiger partial charge in [0, 0.05) is 22.9 Å². The number of halogens is 3. The molecule has 0 radical (unpaired) electrons. The molecule has 2 N–H and O–H groups in total. The number of hydrazone groups is 1. The first-order chi connectivity index (χ1) is 12.4. The number of carbonyl (C=O) groups excluding carboxylic acids is 2. The molecule has 3 rings (SSSR count). The van der Waals surface area contributed by atoms with E-state index in [9.17, 15) is 22.8 Å². The highest BCUT2D eigenvalue weighted by atomic mass is 32.2. The number of nitrogens with one attached hydrogen (secondary N) is 2. The van der Waals surface area contributed by atoms with Crippen LogP contribution in [0.2, 0.25) is 0 Å². The molecule has 0 aliphatic carbocycles. The van der Waals surface area contributed by atoms with Crippen molar-refractivity contribution in [3.05, 3.63) is 59.4 Å². The van der Waals surface area contributed by atoms with Crippen LogP contribution in [-0.4, -0.2) is 23.3 Å². The summed E-state index contributed by atoms with van der Waals surface area (Å²) in [5.74, 6) is -4.44. The van der Waals surface area contributed by atoms with Gasteiger partial charge in [-0.15, -0.1) is 11.8 Å². The zero-order chi connectivity index (χ0) is 18.7. The first-order valence-corrected chi connectivity index (χ1v) is 8.35. The average Bonchev–Trinajstić information content (AvgIpc) is 2.60. The molecule has 0 saturated heterocycles. The van der Waals surface area contributed by atoms with Crippen molar-refractivity contribution >= 4 is 35.5 Å². The maximum atomic E-state index is 13.5. The van der Waals surface area contributed by atoms with Crippen molar-refractivity contribution in [2.24, 2.45) is 5.10 Å². The lowest BCUT2D eigenvalue weighted by Crippen LogP contribution is -2.33. The fraction of sp³-hybridized carbons (Fsp3) is 0.118. The van der Waals surface area contributed by atoms with Gasteiger partial charge in [-0.1, -0.05) is 12.1 Å². The normalized spacial score (nSPS) is 16.3. The molecule has 0 saturated carbocycles. The molecule has 26 heavy (non-hydrogen) atoms. The van der Waals surface area contributed by atoms with Gasteiger partial charge >= 0.3 is 0 Å². The summed E-state index contributed by atoms with van der Waals surface area (Å²) in [6.45, 7) is 0. The Morgan fingerprint density at radius 3 is 2.73 bits per heavy atom. The van der Waals surface area contributed by atoms with Gasteiger partial charge in [0.15, 0.2) is 11.6 Å². The summed E-state index contributed by atoms with van der Waals surface area (Å²) < 4.78 is 39.4. The second kappa shape index (κ2) is 7.61. The summed E-state index contributed by atoms with van der Waals surface area (Å²) in [7, 11) is 0. The summed E-state index contributed by atoms with van der Waals surface area (Å²) in [5.41, 5.74) is 2.51. The van der Waals surface area contributed by atoms with Gasteiger partial charge in [-0.3, -0.25) is 9.59 Å². The van der Waals surface area contributed by atoms with E-state index in [1.54, 1.807) is 12.1 Å². The summed E-state index contributed by atoms with van der Waals surface area (Å²) >= 11 is 1.25. The molecule has 1 aliphatic heterocycles. The van der Waals surface area contributed by atoms with E-state index in [1.807, 2.05) is 12.1 Å². The third kappa shape index (κ3) is 4.05. The Hall–Kier alpha value is -2.81. The lowest BCUT2D eigenvalue weighted by molar-refractivity contribution is -0.124. The summed E-state index contributed by atoms with van der Waals surface area (Å²) in [5, 5.41) is 5.59. The van der Waals surface area contributed by atoms with Crippen LogP contribution in [0.4, 0.5) is 18.9 Å². The van der Waals surface area contributed by atoms with E-state index in [0.29, 0.717) is 17.8 Å². The maximum absolute atomic E-state index is 13.5. The fourth-order valence-corrected chi connectivity index (χ4v) is 3.36. The van der Waals surface area contributed by atoms with E-state index < -0.39 is 28.6 Å². The van der Waals surface area contributed by atoms with Crippen molar-refractivity contribution in [3.63, 3.8) is 0 Å². The molecule has 134 valence electrons. The molecule has 2 aromatic rings. The van der Waals surface area contributed by atoms with Crippen LogP contribution < -0.4 is 10.7 Å². The Labute approximate surface area is 150 Å². The number of nitrogens with zero attached hydrogens (tertiary/aromatic N) is 1. The number of carbonyl (C=O) groups is 2. The maximum Gasteiger partial charge on any atom is 0.241 e. The first kappa shape index (κ1) is 18.0. The van der Waals surface area contributed by atoms with E-state index in [2.05, 4.69) is 15.8 Å². The first-order valence-electron chi connectivity index (χ1n) is 7.47. The Morgan fingerprint density at radius 2 is 1.92 bits per heavy atom. The SMILES string of the molecule is O=C(CC1Sc2ccccc2NC1=O)NN=Cc1cc(F)c(F)cc1F. The van der Waals surface area contributed by atoms with Gasteiger partial charge in [0.2, 0.25) is 11.8 Å². The van der Waals surface area contributed by atoms with Gasteiger partial charge in [-0.2, -0.15) is 5.10 Å². The van der Waals surface area contributed by atoms with E-state index in [1.165, 1.54) is 11.8 Å². The quantitative estimate of drug-likeness (QED) is 0.487. The third-order valence-electron chi connectivity index (χ3n) is 3.51. The molecular formula is C17H12F3N3O2S. The van der Waals surface area contributed by atoms with E-state index in [-0.39, 0.29) is 17.9 Å². The van der Waals surface area contributed by atoms with Crippen LogP contribution in [0.1, 0.15) is 12.0 Å². The number of thioether (sulfide) groups is 1. The van der Waals surface area contributed by atoms with Gasteiger partial charge in [0.25, 0.3) is 0 Å². The van der Waals surface area contributed by atoms with Crippen molar-refractivity contribution in [2.75, 3.05) is 5.32 Å². The van der Waals surface area contributed by atoms with Crippen LogP contribution in [0.25, 0.3) is 0 Å². The average molecular weight is 379 g/mol. The Bertz CT molecular complexity index is 905. The Balaban J connectivity index is 1.60. The van der Waals surface area contributed by atoms with Crippen LogP contribution in [0.5, 0.6) is 0 Å². The molecule has 0 spiro atoms. The van der Waals surface area contributed by atoms with Gasteiger partial charge in [0.1, 0.15) is 5.82 Å². The zero-order valence-electron chi connectivity index (χ0n) is 13.1. The van der Waals surface area contributed by atoms with Gasteiger partial charge in [0.05, 0.1) is 17.2 Å². The monoisotopic (exact) mass is 379 g/mol. The number of benzene rings is 2. The van der Waals surface area contributed by atoms with E-state index >= 15 is 0 Å². The molecule has 2 aromatic carbocycles. The highest BCUT2D eigenvalue weighted by molar-refractivity contribution is 8.01. The van der Waals surface area contributed by atoms with Gasteiger partial charge < -0.3 is 5.32 Å². The smallest absolute Gasteiger partial charge is 0.241 e. The molecule has 1 aliphatic rings. The molecule has 1 heterocycles. The lowest BCUT2D eigenvalue weighted by atomic mass is 10.2. The number of anilines is 1. The number of para-hydroxylation sites is 1. The second-order valence-corrected chi connectivity index (χ2v) is 6.62. The number of amides is 2. The number of rotatable bonds is 4. The molecule has 0 bridgehead atoms. The van der Waals surface area contributed by atoms with Crippen LogP contribution in [0, 0.1) is 17.5 Å². The zero-order valence-corrected chi connectivity index (χ0v) is 13.9. The number of hydrogen-bond acceptors (Lipinski definition) is 4. The molecule has 9 heteroatoms. The molecule has 2 amide bonds. The van der Waals surface area contributed by atoms with E-state index in [4.69, 9.17) is 0 Å². The standard InChI is InChI=1S/C17H12F3N3O2S/c18-10-6-12(20)11(19)5-9(10)8-21-23-16(24)7-15-17(25)22-13-3-1-2-4-14(13)26-15/h1-6,8,15H,7H2,(H,22,25)(H,23,24). The number of hydrogen-bond donors (Lipinski definition) is 2. The van der Waals surface area contributed by atoms with Gasteiger partial charge in [-0.25, -0.2) is 18.6 Å². The van der Waals surface area contributed by atoms with Crippen molar-refractivity contribution in [1.82, 2.24) is 5.43 Å². The Kier molecular flexibility index (Phi) is 5.27. The molecule has 0 aromatic heterocycles. The summed E-state index contributed by atoms with van der Waals surface area (Å²) in [6, 6.07) is 8.21. The third-order valence-corrected chi connectivity index (χ3v) is 4.79. The van der Waals surface area contributed by atoms with Crippen LogP contribution in [0.3, 0.4) is 0 Å². The largest absolute Gasteiger partial charge is 0.324 e.